The highest BCUT2D eigenvalue weighted by atomic mass is 35.5. The van der Waals surface area contributed by atoms with E-state index < -0.39 is 0 Å². The van der Waals surface area contributed by atoms with Crippen LogP contribution in [-0.4, -0.2) is 0 Å². The first-order valence-electron chi connectivity index (χ1n) is 5.75. The Morgan fingerprint density at radius 3 is 1.95 bits per heavy atom. The minimum atomic E-state index is -0.299. The van der Waals surface area contributed by atoms with E-state index in [9.17, 15) is 0 Å². The molecule has 0 spiro atoms. The standard InChI is InChI=1S/C15H12Cl4/c1-8-4-14(18)9(2)3-13(8)15(19)10-5-11(16)7-12(17)6-10/h3-7,15H,1-2H3. The van der Waals surface area contributed by atoms with Gasteiger partial charge in [0.2, 0.25) is 0 Å². The number of alkyl halides is 1. The van der Waals surface area contributed by atoms with Gasteiger partial charge < -0.3 is 0 Å². The predicted molar refractivity (Wildman–Crippen MR) is 85.1 cm³/mol. The average Bonchev–Trinajstić information content (AvgIpc) is 2.31. The molecule has 0 aromatic heterocycles. The lowest BCUT2D eigenvalue weighted by molar-refractivity contribution is 1.10. The number of aryl methyl sites for hydroxylation is 2. The van der Waals surface area contributed by atoms with Gasteiger partial charge in [0.15, 0.2) is 0 Å². The summed E-state index contributed by atoms with van der Waals surface area (Å²) in [7, 11) is 0. The molecule has 0 aliphatic rings. The molecule has 0 nitrogen and oxygen atoms in total. The fourth-order valence-electron chi connectivity index (χ4n) is 1.98. The van der Waals surface area contributed by atoms with E-state index in [4.69, 9.17) is 46.4 Å². The number of benzene rings is 2. The van der Waals surface area contributed by atoms with Gasteiger partial charge >= 0.3 is 0 Å². The molecule has 1 unspecified atom stereocenters. The van der Waals surface area contributed by atoms with Crippen LogP contribution < -0.4 is 0 Å². The normalized spacial score (nSPS) is 12.5. The van der Waals surface area contributed by atoms with E-state index in [1.165, 1.54) is 0 Å². The summed E-state index contributed by atoms with van der Waals surface area (Å²) in [5, 5.41) is 1.61. The van der Waals surface area contributed by atoms with E-state index in [0.717, 1.165) is 27.3 Å². The molecular weight excluding hydrogens is 322 g/mol. The van der Waals surface area contributed by atoms with Crippen LogP contribution in [0.1, 0.15) is 27.6 Å². The molecule has 19 heavy (non-hydrogen) atoms. The summed E-state index contributed by atoms with van der Waals surface area (Å²) >= 11 is 24.7. The maximum Gasteiger partial charge on any atom is 0.0839 e. The van der Waals surface area contributed by atoms with Crippen molar-refractivity contribution in [2.24, 2.45) is 0 Å². The van der Waals surface area contributed by atoms with E-state index in [-0.39, 0.29) is 5.38 Å². The van der Waals surface area contributed by atoms with Gasteiger partial charge in [-0.1, -0.05) is 40.9 Å². The van der Waals surface area contributed by atoms with E-state index in [0.29, 0.717) is 10.0 Å². The highest BCUT2D eigenvalue weighted by molar-refractivity contribution is 6.35. The zero-order valence-electron chi connectivity index (χ0n) is 10.5. The largest absolute Gasteiger partial charge is 0.113 e. The first-order chi connectivity index (χ1) is 8.88. The molecule has 0 radical (unpaired) electrons. The first kappa shape index (κ1) is 15.0. The van der Waals surface area contributed by atoms with Crippen molar-refractivity contribution < 1.29 is 0 Å². The molecule has 0 heterocycles. The Hall–Kier alpha value is -0.400. The SMILES string of the molecule is Cc1cc(C(Cl)c2cc(Cl)cc(Cl)c2)c(C)cc1Cl. The number of hydrogen-bond acceptors (Lipinski definition) is 0. The van der Waals surface area contributed by atoms with Crippen molar-refractivity contribution in [3.05, 3.63) is 67.7 Å². The Morgan fingerprint density at radius 1 is 0.789 bits per heavy atom. The van der Waals surface area contributed by atoms with E-state index in [1.807, 2.05) is 38.1 Å². The molecule has 4 heteroatoms. The van der Waals surface area contributed by atoms with Gasteiger partial charge in [-0.05, 0) is 60.4 Å². The van der Waals surface area contributed by atoms with Crippen LogP contribution in [0.5, 0.6) is 0 Å². The smallest absolute Gasteiger partial charge is 0.0839 e. The second-order valence-corrected chi connectivity index (χ2v) is 6.24. The summed E-state index contributed by atoms with van der Waals surface area (Å²) in [4.78, 5) is 0. The van der Waals surface area contributed by atoms with E-state index in [1.54, 1.807) is 6.07 Å². The lowest BCUT2D eigenvalue weighted by atomic mass is 9.98. The lowest BCUT2D eigenvalue weighted by Crippen LogP contribution is -1.98. The monoisotopic (exact) mass is 332 g/mol. The summed E-state index contributed by atoms with van der Waals surface area (Å²) in [6.45, 7) is 3.95. The Balaban J connectivity index is 2.49. The zero-order valence-corrected chi connectivity index (χ0v) is 13.5. The van der Waals surface area contributed by atoms with Crippen LogP contribution in [0, 0.1) is 13.8 Å². The topological polar surface area (TPSA) is 0 Å². The summed E-state index contributed by atoms with van der Waals surface area (Å²) in [5.41, 5.74) is 3.94. The third-order valence-electron chi connectivity index (χ3n) is 3.00. The molecule has 0 aliphatic carbocycles. The molecule has 0 saturated heterocycles. The maximum absolute atomic E-state index is 6.54. The minimum Gasteiger partial charge on any atom is -0.113 e. The third-order valence-corrected chi connectivity index (χ3v) is 4.33. The van der Waals surface area contributed by atoms with Crippen LogP contribution in [0.25, 0.3) is 0 Å². The molecule has 0 N–H and O–H groups in total. The Bertz CT molecular complexity index is 600. The number of hydrogen-bond donors (Lipinski definition) is 0. The Labute approximate surface area is 133 Å². The highest BCUT2D eigenvalue weighted by Gasteiger charge is 2.16. The molecule has 2 aromatic carbocycles. The lowest BCUT2D eigenvalue weighted by Gasteiger charge is -2.15. The first-order valence-corrected chi connectivity index (χ1v) is 7.32. The second kappa shape index (κ2) is 5.93. The van der Waals surface area contributed by atoms with Gasteiger partial charge in [-0.3, -0.25) is 0 Å². The van der Waals surface area contributed by atoms with Gasteiger partial charge in [0.25, 0.3) is 0 Å². The van der Waals surface area contributed by atoms with Crippen LogP contribution >= 0.6 is 46.4 Å². The quantitative estimate of drug-likeness (QED) is 0.543. The molecule has 0 aliphatic heterocycles. The van der Waals surface area contributed by atoms with Crippen molar-refractivity contribution in [2.75, 3.05) is 0 Å². The van der Waals surface area contributed by atoms with Crippen molar-refractivity contribution >= 4 is 46.4 Å². The third kappa shape index (κ3) is 3.38. The fourth-order valence-corrected chi connectivity index (χ4v) is 3.10. The van der Waals surface area contributed by atoms with Crippen LogP contribution in [0.2, 0.25) is 15.1 Å². The molecular formula is C15H12Cl4. The second-order valence-electron chi connectivity index (χ2n) is 4.52. The average molecular weight is 334 g/mol. The number of halogens is 4. The highest BCUT2D eigenvalue weighted by Crippen LogP contribution is 2.35. The molecule has 100 valence electrons. The van der Waals surface area contributed by atoms with E-state index in [2.05, 4.69) is 0 Å². The molecule has 0 amide bonds. The van der Waals surface area contributed by atoms with Crippen molar-refractivity contribution in [1.29, 1.82) is 0 Å². The summed E-state index contributed by atoms with van der Waals surface area (Å²) in [6, 6.07) is 9.27. The van der Waals surface area contributed by atoms with Gasteiger partial charge in [0, 0.05) is 15.1 Å². The molecule has 1 atom stereocenters. The minimum absolute atomic E-state index is 0.299. The zero-order chi connectivity index (χ0) is 14.2. The molecule has 0 bridgehead atoms. The van der Waals surface area contributed by atoms with Gasteiger partial charge in [0.05, 0.1) is 5.38 Å². The van der Waals surface area contributed by atoms with Crippen LogP contribution in [0.4, 0.5) is 0 Å². The molecule has 2 rings (SSSR count). The Kier molecular flexibility index (Phi) is 4.68. The Morgan fingerprint density at radius 2 is 1.37 bits per heavy atom. The van der Waals surface area contributed by atoms with Crippen molar-refractivity contribution in [3.63, 3.8) is 0 Å². The van der Waals surface area contributed by atoms with Crippen molar-refractivity contribution in [2.45, 2.75) is 19.2 Å². The van der Waals surface area contributed by atoms with Gasteiger partial charge in [-0.25, -0.2) is 0 Å². The van der Waals surface area contributed by atoms with Crippen LogP contribution in [0.3, 0.4) is 0 Å². The van der Waals surface area contributed by atoms with E-state index >= 15 is 0 Å². The summed E-state index contributed by atoms with van der Waals surface area (Å²) in [6.07, 6.45) is 0. The molecule has 0 fully saturated rings. The molecule has 0 saturated carbocycles. The van der Waals surface area contributed by atoms with Crippen LogP contribution in [-0.2, 0) is 0 Å². The van der Waals surface area contributed by atoms with Crippen LogP contribution in [0.15, 0.2) is 30.3 Å². The maximum atomic E-state index is 6.54. The van der Waals surface area contributed by atoms with Gasteiger partial charge in [-0.15, -0.1) is 11.6 Å². The van der Waals surface area contributed by atoms with Crippen molar-refractivity contribution in [3.8, 4) is 0 Å². The molecule has 2 aromatic rings. The van der Waals surface area contributed by atoms with Gasteiger partial charge in [-0.2, -0.15) is 0 Å². The van der Waals surface area contributed by atoms with Crippen molar-refractivity contribution in [1.82, 2.24) is 0 Å². The predicted octanol–water partition coefficient (Wildman–Crippen LogP) is 6.59. The summed E-state index contributed by atoms with van der Waals surface area (Å²) < 4.78 is 0. The van der Waals surface area contributed by atoms with Gasteiger partial charge in [0.1, 0.15) is 0 Å². The number of rotatable bonds is 2. The fraction of sp³-hybridized carbons (Fsp3) is 0.200. The summed E-state index contributed by atoms with van der Waals surface area (Å²) in [5.74, 6) is 0.